The molecule has 0 saturated heterocycles. The Morgan fingerprint density at radius 3 is 1.73 bits per heavy atom. The second-order valence-corrected chi connectivity index (χ2v) is 10.5. The number of hydrogen-bond acceptors (Lipinski definition) is 5. The SMILES string of the molecule is C/C=C\C(=C/CC)c1cc(C)cc(-c2cc(-c3ccccn3)cc(-c3nc(-c4ccccc4)nc(-c4ccccc4)n3)c2)n1. The van der Waals surface area contributed by atoms with Crippen molar-refractivity contribution in [2.24, 2.45) is 0 Å². The van der Waals surface area contributed by atoms with Crippen molar-refractivity contribution < 1.29 is 0 Å². The maximum atomic E-state index is 5.15. The first-order chi connectivity index (χ1) is 21.6. The molecule has 214 valence electrons. The molecular weight excluding hydrogens is 538 g/mol. The Hall–Kier alpha value is -5.55. The van der Waals surface area contributed by atoms with Crippen LogP contribution in [0.1, 0.15) is 31.5 Å². The first kappa shape index (κ1) is 28.6. The van der Waals surface area contributed by atoms with Crippen molar-refractivity contribution in [1.29, 1.82) is 0 Å². The number of nitrogens with zero attached hydrogens (tertiary/aromatic N) is 5. The number of hydrogen-bond donors (Lipinski definition) is 0. The summed E-state index contributed by atoms with van der Waals surface area (Å²) in [5.74, 6) is 1.83. The quantitative estimate of drug-likeness (QED) is 0.170. The predicted molar refractivity (Wildman–Crippen MR) is 180 cm³/mol. The van der Waals surface area contributed by atoms with Crippen molar-refractivity contribution in [2.75, 3.05) is 0 Å². The second kappa shape index (κ2) is 13.2. The Morgan fingerprint density at radius 1 is 0.591 bits per heavy atom. The third-order valence-corrected chi connectivity index (χ3v) is 7.18. The molecule has 3 aromatic heterocycles. The fourth-order valence-corrected chi connectivity index (χ4v) is 5.14. The molecule has 0 fully saturated rings. The van der Waals surface area contributed by atoms with Crippen LogP contribution in [0.2, 0.25) is 0 Å². The lowest BCUT2D eigenvalue weighted by atomic mass is 9.98. The third kappa shape index (κ3) is 6.42. The highest BCUT2D eigenvalue weighted by Gasteiger charge is 2.16. The smallest absolute Gasteiger partial charge is 0.164 e. The zero-order valence-electron chi connectivity index (χ0n) is 25.1. The Bertz CT molecular complexity index is 1890. The topological polar surface area (TPSA) is 64.5 Å². The van der Waals surface area contributed by atoms with E-state index in [1.54, 1.807) is 0 Å². The summed E-state index contributed by atoms with van der Waals surface area (Å²) in [5.41, 5.74) is 9.59. The number of aryl methyl sites for hydroxylation is 1. The van der Waals surface area contributed by atoms with Crippen LogP contribution in [0.25, 0.3) is 62.3 Å². The first-order valence-corrected chi connectivity index (χ1v) is 14.9. The van der Waals surface area contributed by atoms with Crippen molar-refractivity contribution in [2.45, 2.75) is 27.2 Å². The predicted octanol–water partition coefficient (Wildman–Crippen LogP) is 9.67. The van der Waals surface area contributed by atoms with Gasteiger partial charge in [-0.15, -0.1) is 0 Å². The van der Waals surface area contributed by atoms with Gasteiger partial charge < -0.3 is 0 Å². The summed E-state index contributed by atoms with van der Waals surface area (Å²) < 4.78 is 0. The summed E-state index contributed by atoms with van der Waals surface area (Å²) in [4.78, 5) is 24.7. The highest BCUT2D eigenvalue weighted by atomic mass is 15.0. The number of pyridine rings is 2. The molecular formula is C39H33N5. The molecule has 0 radical (unpaired) electrons. The van der Waals surface area contributed by atoms with E-state index >= 15 is 0 Å². The highest BCUT2D eigenvalue weighted by Crippen LogP contribution is 2.33. The van der Waals surface area contributed by atoms with Gasteiger partial charge in [0.25, 0.3) is 0 Å². The van der Waals surface area contributed by atoms with Gasteiger partial charge in [0.15, 0.2) is 17.5 Å². The molecule has 5 nitrogen and oxygen atoms in total. The monoisotopic (exact) mass is 571 g/mol. The summed E-state index contributed by atoms with van der Waals surface area (Å²) in [6.45, 7) is 6.29. The minimum Gasteiger partial charge on any atom is -0.256 e. The molecule has 0 spiro atoms. The average molecular weight is 572 g/mol. The van der Waals surface area contributed by atoms with Crippen LogP contribution in [-0.4, -0.2) is 24.9 Å². The van der Waals surface area contributed by atoms with E-state index in [2.05, 4.69) is 67.4 Å². The summed E-state index contributed by atoms with van der Waals surface area (Å²) in [7, 11) is 0. The minimum absolute atomic E-state index is 0.588. The van der Waals surface area contributed by atoms with Gasteiger partial charge in [-0.25, -0.2) is 19.9 Å². The van der Waals surface area contributed by atoms with Crippen LogP contribution in [0.15, 0.2) is 134 Å². The average Bonchev–Trinajstić information content (AvgIpc) is 3.08. The number of aromatic nitrogens is 5. The number of rotatable bonds is 8. The third-order valence-electron chi connectivity index (χ3n) is 7.18. The van der Waals surface area contributed by atoms with Crippen LogP contribution in [0.3, 0.4) is 0 Å². The molecule has 6 rings (SSSR count). The van der Waals surface area contributed by atoms with Gasteiger partial charge in [0, 0.05) is 34.0 Å². The summed E-state index contributed by atoms with van der Waals surface area (Å²) in [6.07, 6.45) is 9.12. The zero-order valence-corrected chi connectivity index (χ0v) is 25.1. The van der Waals surface area contributed by atoms with Crippen molar-refractivity contribution in [1.82, 2.24) is 24.9 Å². The molecule has 3 aromatic carbocycles. The van der Waals surface area contributed by atoms with E-state index in [1.807, 2.05) is 92.0 Å². The summed E-state index contributed by atoms with van der Waals surface area (Å²) in [5, 5.41) is 0. The fraction of sp³-hybridized carbons (Fsp3) is 0.103. The molecule has 0 atom stereocenters. The van der Waals surface area contributed by atoms with Crippen molar-refractivity contribution in [3.63, 3.8) is 0 Å². The van der Waals surface area contributed by atoms with Crippen molar-refractivity contribution in [3.05, 3.63) is 145 Å². The molecule has 0 unspecified atom stereocenters. The van der Waals surface area contributed by atoms with Gasteiger partial charge >= 0.3 is 0 Å². The molecule has 44 heavy (non-hydrogen) atoms. The largest absolute Gasteiger partial charge is 0.256 e. The van der Waals surface area contributed by atoms with E-state index < -0.39 is 0 Å². The van der Waals surface area contributed by atoms with E-state index in [-0.39, 0.29) is 0 Å². The maximum Gasteiger partial charge on any atom is 0.164 e. The molecule has 0 aliphatic carbocycles. The van der Waals surface area contributed by atoms with Gasteiger partial charge in [-0.2, -0.15) is 0 Å². The normalized spacial score (nSPS) is 11.7. The molecule has 3 heterocycles. The van der Waals surface area contributed by atoms with Crippen LogP contribution in [-0.2, 0) is 0 Å². The molecule has 0 aliphatic heterocycles. The Labute approximate surface area is 258 Å². The molecule has 0 bridgehead atoms. The Kier molecular flexibility index (Phi) is 8.55. The van der Waals surface area contributed by atoms with Crippen LogP contribution in [0, 0.1) is 6.92 Å². The Morgan fingerprint density at radius 2 is 1.16 bits per heavy atom. The molecule has 0 saturated carbocycles. The maximum absolute atomic E-state index is 5.15. The number of allylic oxidation sites excluding steroid dienone is 4. The standard InChI is InChI=1S/C39H33N5/c1-4-14-28(15-5-2)35-22-27(3)23-36(41-35)32-24-31(34-20-12-13-21-40-34)25-33(26-32)39-43-37(29-16-8-6-9-17-29)42-38(44-39)30-18-10-7-11-19-30/h4,6-26H,5H2,1-3H3/b14-4-,28-15+. The van der Waals surface area contributed by atoms with E-state index in [1.165, 1.54) is 0 Å². The van der Waals surface area contributed by atoms with Gasteiger partial charge in [-0.3, -0.25) is 4.98 Å². The zero-order chi connectivity index (χ0) is 30.3. The lowest BCUT2D eigenvalue weighted by Crippen LogP contribution is -2.01. The van der Waals surface area contributed by atoms with Gasteiger partial charge in [-0.05, 0) is 73.9 Å². The molecule has 0 amide bonds. The molecule has 6 aromatic rings. The van der Waals surface area contributed by atoms with Crippen molar-refractivity contribution in [3.8, 4) is 56.7 Å². The van der Waals surface area contributed by atoms with Gasteiger partial charge in [-0.1, -0.05) is 91.9 Å². The van der Waals surface area contributed by atoms with Gasteiger partial charge in [0.1, 0.15) is 0 Å². The first-order valence-electron chi connectivity index (χ1n) is 14.9. The van der Waals surface area contributed by atoms with Crippen LogP contribution in [0.4, 0.5) is 0 Å². The van der Waals surface area contributed by atoms with Crippen LogP contribution >= 0.6 is 0 Å². The lowest BCUT2D eigenvalue weighted by Gasteiger charge is -2.13. The number of benzene rings is 3. The Balaban J connectivity index is 1.58. The van der Waals surface area contributed by atoms with Crippen molar-refractivity contribution >= 4 is 5.57 Å². The van der Waals surface area contributed by atoms with Crippen LogP contribution in [0.5, 0.6) is 0 Å². The van der Waals surface area contributed by atoms with E-state index in [0.29, 0.717) is 17.5 Å². The highest BCUT2D eigenvalue weighted by molar-refractivity contribution is 5.80. The van der Waals surface area contributed by atoms with E-state index in [9.17, 15) is 0 Å². The lowest BCUT2D eigenvalue weighted by molar-refractivity contribution is 1.07. The summed E-state index contributed by atoms with van der Waals surface area (Å²) >= 11 is 0. The van der Waals surface area contributed by atoms with E-state index in [0.717, 1.165) is 62.5 Å². The van der Waals surface area contributed by atoms with Crippen LogP contribution < -0.4 is 0 Å². The fourth-order valence-electron chi connectivity index (χ4n) is 5.14. The minimum atomic E-state index is 0.588. The summed E-state index contributed by atoms with van der Waals surface area (Å²) in [6, 6.07) is 36.6. The van der Waals surface area contributed by atoms with Gasteiger partial charge in [0.2, 0.25) is 0 Å². The molecule has 0 aliphatic rings. The molecule has 0 N–H and O–H groups in total. The van der Waals surface area contributed by atoms with Gasteiger partial charge in [0.05, 0.1) is 17.1 Å². The van der Waals surface area contributed by atoms with E-state index in [4.69, 9.17) is 19.9 Å². The second-order valence-electron chi connectivity index (χ2n) is 10.5. The molecule has 5 heteroatoms.